The van der Waals surface area contributed by atoms with Gasteiger partial charge >= 0.3 is 0 Å². The van der Waals surface area contributed by atoms with Crippen molar-refractivity contribution in [1.29, 1.82) is 0 Å². The summed E-state index contributed by atoms with van der Waals surface area (Å²) < 4.78 is 7.68. The molecule has 4 heteroatoms. The van der Waals surface area contributed by atoms with Crippen molar-refractivity contribution in [2.75, 3.05) is 11.9 Å². The number of rotatable bonds is 4. The molecule has 0 saturated heterocycles. The molecule has 16 heavy (non-hydrogen) atoms. The van der Waals surface area contributed by atoms with Gasteiger partial charge in [0.2, 0.25) is 0 Å². The van der Waals surface area contributed by atoms with E-state index < -0.39 is 0 Å². The van der Waals surface area contributed by atoms with Crippen molar-refractivity contribution in [2.45, 2.75) is 46.8 Å². The second-order valence-electron chi connectivity index (χ2n) is 4.97. The number of nitrogens with one attached hydrogen (secondary N) is 1. The maximum absolute atomic E-state index is 5.80. The van der Waals surface area contributed by atoms with Crippen LogP contribution in [0.15, 0.2) is 0 Å². The lowest BCUT2D eigenvalue weighted by molar-refractivity contribution is -0.0149. The largest absolute Gasteiger partial charge is 0.371 e. The predicted molar refractivity (Wildman–Crippen MR) is 66.7 cm³/mol. The molecule has 92 valence electrons. The number of anilines is 1. The Morgan fingerprint density at radius 3 is 2.50 bits per heavy atom. The maximum atomic E-state index is 5.80. The van der Waals surface area contributed by atoms with Gasteiger partial charge in [-0.1, -0.05) is 0 Å². The Morgan fingerprint density at radius 2 is 2.00 bits per heavy atom. The Morgan fingerprint density at radius 1 is 1.38 bits per heavy atom. The summed E-state index contributed by atoms with van der Waals surface area (Å²) in [6.07, 6.45) is 0. The van der Waals surface area contributed by atoms with E-state index in [1.807, 2.05) is 18.7 Å². The van der Waals surface area contributed by atoms with Crippen LogP contribution in [0.3, 0.4) is 0 Å². The lowest BCUT2D eigenvalue weighted by Crippen LogP contribution is -2.19. The van der Waals surface area contributed by atoms with Gasteiger partial charge < -0.3 is 10.1 Å². The van der Waals surface area contributed by atoms with Gasteiger partial charge in [-0.2, -0.15) is 5.10 Å². The normalized spacial score (nSPS) is 11.9. The predicted octanol–water partition coefficient (Wildman–Crippen LogP) is 2.48. The minimum Gasteiger partial charge on any atom is -0.371 e. The summed E-state index contributed by atoms with van der Waals surface area (Å²) in [6, 6.07) is 0. The third-order valence-corrected chi connectivity index (χ3v) is 2.34. The summed E-state index contributed by atoms with van der Waals surface area (Å²) in [5.41, 5.74) is 2.06. The van der Waals surface area contributed by atoms with E-state index in [0.29, 0.717) is 6.61 Å². The van der Waals surface area contributed by atoms with Crippen molar-refractivity contribution in [1.82, 2.24) is 9.78 Å². The zero-order chi connectivity index (χ0) is 12.3. The van der Waals surface area contributed by atoms with Crippen LogP contribution in [0.5, 0.6) is 0 Å². The molecule has 0 aliphatic heterocycles. The molecule has 0 atom stereocenters. The van der Waals surface area contributed by atoms with Gasteiger partial charge in [-0.25, -0.2) is 0 Å². The average molecular weight is 225 g/mol. The maximum Gasteiger partial charge on any atom is 0.129 e. The topological polar surface area (TPSA) is 39.1 Å². The molecule has 0 fully saturated rings. The first-order valence-corrected chi connectivity index (χ1v) is 5.75. The number of nitrogens with zero attached hydrogens (tertiary/aromatic N) is 2. The fraction of sp³-hybridized carbons (Fsp3) is 0.750. The molecular weight excluding hydrogens is 202 g/mol. The summed E-state index contributed by atoms with van der Waals surface area (Å²) in [7, 11) is 1.95. The Hall–Kier alpha value is -1.03. The van der Waals surface area contributed by atoms with Crippen LogP contribution in [0.4, 0.5) is 5.82 Å². The molecule has 1 N–H and O–H groups in total. The molecule has 0 radical (unpaired) electrons. The highest BCUT2D eigenvalue weighted by Gasteiger charge is 2.16. The zero-order valence-corrected chi connectivity index (χ0v) is 11.2. The second-order valence-corrected chi connectivity index (χ2v) is 4.97. The van der Waals surface area contributed by atoms with Gasteiger partial charge in [0.25, 0.3) is 0 Å². The summed E-state index contributed by atoms with van der Waals surface area (Å²) in [6.45, 7) is 11.8. The van der Waals surface area contributed by atoms with Crippen molar-refractivity contribution in [2.24, 2.45) is 7.05 Å². The molecule has 0 amide bonds. The molecule has 1 aromatic heterocycles. The summed E-state index contributed by atoms with van der Waals surface area (Å²) >= 11 is 0. The minimum atomic E-state index is -0.119. The van der Waals surface area contributed by atoms with E-state index in [1.54, 1.807) is 0 Å². The van der Waals surface area contributed by atoms with Crippen LogP contribution in [0.1, 0.15) is 39.0 Å². The number of hydrogen-bond acceptors (Lipinski definition) is 3. The standard InChI is InChI=1S/C12H23N3O/c1-7-13-11-10(8-16-12(3,4)5)9(2)14-15(11)6/h13H,7-8H2,1-6H3. The highest BCUT2D eigenvalue weighted by molar-refractivity contribution is 5.47. The quantitative estimate of drug-likeness (QED) is 0.855. The van der Waals surface area contributed by atoms with Crippen molar-refractivity contribution in [3.05, 3.63) is 11.3 Å². The number of aryl methyl sites for hydroxylation is 2. The third-order valence-electron chi connectivity index (χ3n) is 2.34. The lowest BCUT2D eigenvalue weighted by atomic mass is 10.2. The summed E-state index contributed by atoms with van der Waals surface area (Å²) in [5, 5.41) is 7.73. The van der Waals surface area contributed by atoms with Gasteiger partial charge in [0.1, 0.15) is 5.82 Å². The molecule has 1 heterocycles. The van der Waals surface area contributed by atoms with Crippen LogP contribution < -0.4 is 5.32 Å². The molecule has 0 aromatic carbocycles. The molecule has 0 unspecified atom stereocenters. The number of aromatic nitrogens is 2. The van der Waals surface area contributed by atoms with E-state index in [4.69, 9.17) is 4.74 Å². The fourth-order valence-corrected chi connectivity index (χ4v) is 1.55. The van der Waals surface area contributed by atoms with Crippen LogP contribution >= 0.6 is 0 Å². The molecular formula is C12H23N3O. The first-order valence-electron chi connectivity index (χ1n) is 5.75. The van der Waals surface area contributed by atoms with Crippen LogP contribution in [0, 0.1) is 6.92 Å². The van der Waals surface area contributed by atoms with Gasteiger partial charge in [0, 0.05) is 19.2 Å². The molecule has 0 spiro atoms. The van der Waals surface area contributed by atoms with Gasteiger partial charge in [0.15, 0.2) is 0 Å². The summed E-state index contributed by atoms with van der Waals surface area (Å²) in [4.78, 5) is 0. The van der Waals surface area contributed by atoms with Gasteiger partial charge in [-0.05, 0) is 34.6 Å². The molecule has 0 aliphatic rings. The Bertz CT molecular complexity index is 350. The van der Waals surface area contributed by atoms with E-state index in [9.17, 15) is 0 Å². The van der Waals surface area contributed by atoms with E-state index in [2.05, 4.69) is 38.1 Å². The minimum absolute atomic E-state index is 0.119. The van der Waals surface area contributed by atoms with Gasteiger partial charge in [-0.3, -0.25) is 4.68 Å². The van der Waals surface area contributed by atoms with Crippen molar-refractivity contribution < 1.29 is 4.74 Å². The SMILES string of the molecule is CCNc1c(COC(C)(C)C)c(C)nn1C. The number of ether oxygens (including phenoxy) is 1. The Balaban J connectivity index is 2.85. The number of hydrogen-bond donors (Lipinski definition) is 1. The van der Waals surface area contributed by atoms with Crippen molar-refractivity contribution in [3.63, 3.8) is 0 Å². The van der Waals surface area contributed by atoms with Crippen LogP contribution in [-0.2, 0) is 18.4 Å². The molecule has 0 saturated carbocycles. The summed E-state index contributed by atoms with van der Waals surface area (Å²) in [5.74, 6) is 1.06. The fourth-order valence-electron chi connectivity index (χ4n) is 1.55. The molecule has 0 aliphatic carbocycles. The third kappa shape index (κ3) is 3.23. The Labute approximate surface area is 98.0 Å². The molecule has 1 rings (SSSR count). The molecule has 4 nitrogen and oxygen atoms in total. The van der Waals surface area contributed by atoms with Crippen molar-refractivity contribution in [3.8, 4) is 0 Å². The highest BCUT2D eigenvalue weighted by atomic mass is 16.5. The molecule has 1 aromatic rings. The highest BCUT2D eigenvalue weighted by Crippen LogP contribution is 2.22. The first-order chi connectivity index (χ1) is 7.35. The van der Waals surface area contributed by atoms with E-state index >= 15 is 0 Å². The van der Waals surface area contributed by atoms with Crippen LogP contribution in [0.25, 0.3) is 0 Å². The van der Waals surface area contributed by atoms with E-state index in [0.717, 1.165) is 23.6 Å². The van der Waals surface area contributed by atoms with Crippen LogP contribution in [-0.4, -0.2) is 21.9 Å². The Kier molecular flexibility index (Phi) is 3.97. The molecule has 0 bridgehead atoms. The zero-order valence-electron chi connectivity index (χ0n) is 11.2. The monoisotopic (exact) mass is 225 g/mol. The van der Waals surface area contributed by atoms with Gasteiger partial charge in [0.05, 0.1) is 17.9 Å². The second kappa shape index (κ2) is 4.87. The van der Waals surface area contributed by atoms with Crippen molar-refractivity contribution >= 4 is 5.82 Å². The lowest BCUT2D eigenvalue weighted by Gasteiger charge is -2.20. The average Bonchev–Trinajstić information content (AvgIpc) is 2.39. The van der Waals surface area contributed by atoms with Gasteiger partial charge in [-0.15, -0.1) is 0 Å². The van der Waals surface area contributed by atoms with Crippen LogP contribution in [0.2, 0.25) is 0 Å². The smallest absolute Gasteiger partial charge is 0.129 e. The first kappa shape index (κ1) is 13.0. The van der Waals surface area contributed by atoms with E-state index in [1.165, 1.54) is 0 Å². The van der Waals surface area contributed by atoms with E-state index in [-0.39, 0.29) is 5.60 Å².